The van der Waals surface area contributed by atoms with Crippen molar-refractivity contribution >= 4 is 51.9 Å². The molecule has 0 N–H and O–H groups in total. The zero-order valence-corrected chi connectivity index (χ0v) is 23.9. The van der Waals surface area contributed by atoms with Gasteiger partial charge in [0.15, 0.2) is 0 Å². The summed E-state index contributed by atoms with van der Waals surface area (Å²) in [5.41, 5.74) is 3.09. The third-order valence-electron chi connectivity index (χ3n) is 6.17. The van der Waals surface area contributed by atoms with E-state index in [-0.39, 0.29) is 5.91 Å². The number of rotatable bonds is 13. The number of nitrogens with zero attached hydrogens (tertiary/aromatic N) is 1. The van der Waals surface area contributed by atoms with Gasteiger partial charge in [-0.25, -0.2) is 0 Å². The number of thioether (sulfide) groups is 1. The molecular formula is C31H32ClNO3S2. The molecule has 0 spiro atoms. The van der Waals surface area contributed by atoms with Gasteiger partial charge in [-0.15, -0.1) is 0 Å². The summed E-state index contributed by atoms with van der Waals surface area (Å²) in [6, 6.07) is 23.5. The lowest BCUT2D eigenvalue weighted by Gasteiger charge is -2.14. The molecule has 1 saturated heterocycles. The molecule has 0 aromatic heterocycles. The monoisotopic (exact) mass is 565 g/mol. The molecule has 38 heavy (non-hydrogen) atoms. The Bertz CT molecular complexity index is 1260. The Morgan fingerprint density at radius 1 is 0.921 bits per heavy atom. The van der Waals surface area contributed by atoms with E-state index in [0.29, 0.717) is 39.8 Å². The van der Waals surface area contributed by atoms with Crippen LogP contribution in [0.1, 0.15) is 49.3 Å². The lowest BCUT2D eigenvalue weighted by molar-refractivity contribution is -0.122. The van der Waals surface area contributed by atoms with Crippen molar-refractivity contribution in [2.75, 3.05) is 13.2 Å². The van der Waals surface area contributed by atoms with Gasteiger partial charge in [0.25, 0.3) is 5.91 Å². The third-order valence-corrected chi connectivity index (χ3v) is 7.78. The van der Waals surface area contributed by atoms with Crippen LogP contribution in [0.15, 0.2) is 77.7 Å². The van der Waals surface area contributed by atoms with Crippen molar-refractivity contribution in [2.24, 2.45) is 0 Å². The van der Waals surface area contributed by atoms with Crippen molar-refractivity contribution in [2.45, 2.75) is 45.6 Å². The van der Waals surface area contributed by atoms with E-state index in [2.05, 4.69) is 19.1 Å². The SMILES string of the molecule is CCCCCCc1ccc(OCCOc2ccc(Cl)cc2/C=C2\SC(=S)N(Cc3ccccc3)C2=O)cc1. The molecule has 1 amide bonds. The average Bonchev–Trinajstić information content (AvgIpc) is 3.18. The number of hydrogen-bond acceptors (Lipinski definition) is 5. The van der Waals surface area contributed by atoms with Crippen LogP contribution in [-0.4, -0.2) is 28.3 Å². The molecule has 0 radical (unpaired) electrons. The number of carbonyl (C=O) groups is 1. The Balaban J connectivity index is 1.33. The van der Waals surface area contributed by atoms with Crippen molar-refractivity contribution in [3.63, 3.8) is 0 Å². The third kappa shape index (κ3) is 8.10. The number of carbonyl (C=O) groups excluding carboxylic acids is 1. The topological polar surface area (TPSA) is 38.8 Å². The molecule has 0 atom stereocenters. The van der Waals surface area contributed by atoms with E-state index >= 15 is 0 Å². The molecule has 198 valence electrons. The summed E-state index contributed by atoms with van der Waals surface area (Å²) < 4.78 is 12.4. The maximum atomic E-state index is 13.1. The van der Waals surface area contributed by atoms with Crippen LogP contribution in [0.4, 0.5) is 0 Å². The van der Waals surface area contributed by atoms with Crippen molar-refractivity contribution in [1.82, 2.24) is 4.90 Å². The first-order chi connectivity index (χ1) is 18.5. The first-order valence-corrected chi connectivity index (χ1v) is 14.6. The number of thiocarbonyl (C=S) groups is 1. The number of aryl methyl sites for hydroxylation is 1. The number of unbranched alkanes of at least 4 members (excludes halogenated alkanes) is 3. The average molecular weight is 566 g/mol. The van der Waals surface area contributed by atoms with Gasteiger partial charge in [-0.05, 0) is 60.4 Å². The Labute approximate surface area is 240 Å². The molecule has 1 heterocycles. The highest BCUT2D eigenvalue weighted by atomic mass is 35.5. The number of benzene rings is 3. The van der Waals surface area contributed by atoms with Gasteiger partial charge in [0.05, 0.1) is 11.4 Å². The Morgan fingerprint density at radius 3 is 2.45 bits per heavy atom. The molecule has 0 bridgehead atoms. The maximum Gasteiger partial charge on any atom is 0.266 e. The summed E-state index contributed by atoms with van der Waals surface area (Å²) >= 11 is 13.1. The smallest absolute Gasteiger partial charge is 0.266 e. The zero-order valence-electron chi connectivity index (χ0n) is 21.5. The van der Waals surface area contributed by atoms with E-state index in [4.69, 9.17) is 33.3 Å². The van der Waals surface area contributed by atoms with Crippen molar-refractivity contribution in [3.05, 3.63) is 99.4 Å². The summed E-state index contributed by atoms with van der Waals surface area (Å²) in [6.45, 7) is 3.43. The molecule has 0 saturated carbocycles. The second-order valence-corrected chi connectivity index (χ2v) is 11.2. The van der Waals surface area contributed by atoms with E-state index in [0.717, 1.165) is 23.3 Å². The quantitative estimate of drug-likeness (QED) is 0.118. The molecular weight excluding hydrogens is 534 g/mol. The highest BCUT2D eigenvalue weighted by Crippen LogP contribution is 2.36. The van der Waals surface area contributed by atoms with Gasteiger partial charge in [0.2, 0.25) is 0 Å². The standard InChI is InChI=1S/C31H32ClNO3S2/c1-2-3-4-6-9-23-12-15-27(16-13-23)35-18-19-36-28-17-14-26(32)20-25(28)21-29-30(34)33(31(37)38-29)22-24-10-7-5-8-11-24/h5,7-8,10-17,20-21H,2-4,6,9,18-19,22H2,1H3/b29-21-. The van der Waals surface area contributed by atoms with Crippen LogP contribution in [-0.2, 0) is 17.8 Å². The lowest BCUT2D eigenvalue weighted by atomic mass is 10.1. The molecule has 7 heteroatoms. The zero-order chi connectivity index (χ0) is 26.7. The predicted octanol–water partition coefficient (Wildman–Crippen LogP) is 8.32. The molecule has 3 aromatic rings. The fraction of sp³-hybridized carbons (Fsp3) is 0.290. The largest absolute Gasteiger partial charge is 0.490 e. The minimum Gasteiger partial charge on any atom is -0.490 e. The maximum absolute atomic E-state index is 13.1. The fourth-order valence-corrected chi connectivity index (χ4v) is 5.55. The first-order valence-electron chi connectivity index (χ1n) is 13.0. The van der Waals surface area contributed by atoms with Gasteiger partial charge < -0.3 is 9.47 Å². The molecule has 3 aromatic carbocycles. The summed E-state index contributed by atoms with van der Waals surface area (Å²) in [6.07, 6.45) is 7.95. The summed E-state index contributed by atoms with van der Waals surface area (Å²) in [5.74, 6) is 1.34. The Morgan fingerprint density at radius 2 is 1.68 bits per heavy atom. The van der Waals surface area contributed by atoms with Crippen LogP contribution in [0.5, 0.6) is 11.5 Å². The highest BCUT2D eigenvalue weighted by Gasteiger charge is 2.32. The van der Waals surface area contributed by atoms with Crippen LogP contribution >= 0.6 is 35.6 Å². The number of hydrogen-bond donors (Lipinski definition) is 0. The highest BCUT2D eigenvalue weighted by molar-refractivity contribution is 8.26. The summed E-state index contributed by atoms with van der Waals surface area (Å²) in [7, 11) is 0. The van der Waals surface area contributed by atoms with Gasteiger partial charge in [-0.1, -0.05) is 104 Å². The second kappa shape index (κ2) is 14.4. The molecule has 1 aliphatic heterocycles. The van der Waals surface area contributed by atoms with E-state index in [1.165, 1.54) is 43.0 Å². The van der Waals surface area contributed by atoms with Gasteiger partial charge in [0, 0.05) is 10.6 Å². The molecule has 1 aliphatic rings. The number of amides is 1. The molecule has 1 fully saturated rings. The van der Waals surface area contributed by atoms with Crippen molar-refractivity contribution in [1.29, 1.82) is 0 Å². The Kier molecular flexibility index (Phi) is 10.7. The summed E-state index contributed by atoms with van der Waals surface area (Å²) in [5, 5.41) is 0.564. The van der Waals surface area contributed by atoms with Gasteiger partial charge >= 0.3 is 0 Å². The van der Waals surface area contributed by atoms with Gasteiger partial charge in [-0.3, -0.25) is 9.69 Å². The molecule has 0 aliphatic carbocycles. The van der Waals surface area contributed by atoms with E-state index < -0.39 is 0 Å². The number of halogens is 1. The molecule has 4 nitrogen and oxygen atoms in total. The van der Waals surface area contributed by atoms with Gasteiger partial charge in [0.1, 0.15) is 29.0 Å². The first kappa shape index (κ1) is 28.2. The van der Waals surface area contributed by atoms with Crippen LogP contribution in [0.2, 0.25) is 5.02 Å². The molecule has 4 rings (SSSR count). The predicted molar refractivity (Wildman–Crippen MR) is 162 cm³/mol. The normalized spacial score (nSPS) is 14.4. The van der Waals surface area contributed by atoms with Crippen LogP contribution in [0, 0.1) is 0 Å². The van der Waals surface area contributed by atoms with E-state index in [9.17, 15) is 4.79 Å². The Hall–Kier alpha value is -2.80. The lowest BCUT2D eigenvalue weighted by Crippen LogP contribution is -2.27. The molecule has 0 unspecified atom stereocenters. The van der Waals surface area contributed by atoms with E-state index in [1.54, 1.807) is 23.1 Å². The van der Waals surface area contributed by atoms with Crippen LogP contribution in [0.25, 0.3) is 6.08 Å². The van der Waals surface area contributed by atoms with Crippen LogP contribution in [0.3, 0.4) is 0 Å². The van der Waals surface area contributed by atoms with E-state index in [1.807, 2.05) is 48.5 Å². The van der Waals surface area contributed by atoms with Crippen molar-refractivity contribution < 1.29 is 14.3 Å². The fourth-order valence-electron chi connectivity index (χ4n) is 4.13. The minimum absolute atomic E-state index is 0.119. The number of ether oxygens (including phenoxy) is 2. The second-order valence-electron chi connectivity index (χ2n) is 9.09. The van der Waals surface area contributed by atoms with Crippen molar-refractivity contribution in [3.8, 4) is 11.5 Å². The van der Waals surface area contributed by atoms with Gasteiger partial charge in [-0.2, -0.15) is 0 Å². The summed E-state index contributed by atoms with van der Waals surface area (Å²) in [4.78, 5) is 15.3. The van der Waals surface area contributed by atoms with Crippen LogP contribution < -0.4 is 9.47 Å². The minimum atomic E-state index is -0.119.